The summed E-state index contributed by atoms with van der Waals surface area (Å²) in [5.74, 6) is -0.507. The molecule has 0 aliphatic carbocycles. The molecular weight excluding hydrogens is 264 g/mol. The maximum atomic E-state index is 10.0. The monoisotopic (exact) mass is 288 g/mol. The zero-order chi connectivity index (χ0) is 17.1. The van der Waals surface area contributed by atoms with E-state index in [2.05, 4.69) is 24.2 Å². The van der Waals surface area contributed by atoms with Gasteiger partial charge in [-0.15, -0.1) is 0 Å². The van der Waals surface area contributed by atoms with Crippen LogP contribution in [0.2, 0.25) is 0 Å². The number of aliphatic hydroxyl groups excluding tert-OH is 1. The number of Topliss-reactive ketones (excluding diaryl/α,β-unsaturated/α-hetero) is 2. The number of aliphatic hydroxyl groups is 1. The van der Waals surface area contributed by atoms with Gasteiger partial charge in [0.15, 0.2) is 0 Å². The van der Waals surface area contributed by atoms with Crippen LogP contribution in [-0.2, 0) is 19.2 Å². The molecule has 0 unspecified atom stereocenters. The van der Waals surface area contributed by atoms with Crippen molar-refractivity contribution in [3.05, 3.63) is 25.3 Å². The molecule has 0 fully saturated rings. The summed E-state index contributed by atoms with van der Waals surface area (Å²) in [5.41, 5.74) is 4.53. The highest BCUT2D eigenvalue weighted by Crippen LogP contribution is 1.59. The molecule has 0 aromatic rings. The molecule has 4 N–H and O–H groups in total. The van der Waals surface area contributed by atoms with Crippen LogP contribution in [0.25, 0.3) is 0 Å². The molecule has 20 heavy (non-hydrogen) atoms. The zero-order valence-electron chi connectivity index (χ0n) is 12.4. The summed E-state index contributed by atoms with van der Waals surface area (Å²) in [5, 5.41) is 10.1. The molecule has 0 spiro atoms. The van der Waals surface area contributed by atoms with Crippen LogP contribution in [0, 0.1) is 0 Å². The van der Waals surface area contributed by atoms with Crippen molar-refractivity contribution in [1.29, 1.82) is 0 Å². The number of hydrogen-bond acceptors (Lipinski definition) is 5. The lowest BCUT2D eigenvalue weighted by molar-refractivity contribution is -0.117. The van der Waals surface area contributed by atoms with Crippen LogP contribution < -0.4 is 11.1 Å². The normalized spacial score (nSPS) is 6.85. The molecule has 0 aliphatic rings. The third-order valence-corrected chi connectivity index (χ3v) is 0.640. The molecule has 0 aliphatic heterocycles. The van der Waals surface area contributed by atoms with Crippen molar-refractivity contribution in [2.24, 2.45) is 5.73 Å². The highest BCUT2D eigenvalue weighted by molar-refractivity contribution is 5.86. The van der Waals surface area contributed by atoms with E-state index in [-0.39, 0.29) is 24.2 Å². The maximum Gasteiger partial charge on any atom is 0.245 e. The minimum atomic E-state index is -0.481. The van der Waals surface area contributed by atoms with Crippen molar-refractivity contribution < 1.29 is 24.3 Å². The molecule has 0 heterocycles. The van der Waals surface area contributed by atoms with Gasteiger partial charge in [-0.2, -0.15) is 0 Å². The fraction of sp³-hybridized carbons (Fsp3) is 0.385. The number of amides is 2. The van der Waals surface area contributed by atoms with Gasteiger partial charge in [0.2, 0.25) is 11.8 Å². The zero-order valence-corrected chi connectivity index (χ0v) is 12.4. The molecule has 116 valence electrons. The second kappa shape index (κ2) is 21.9. The third kappa shape index (κ3) is 153. The second-order valence-corrected chi connectivity index (χ2v) is 3.33. The predicted octanol–water partition coefficient (Wildman–Crippen LogP) is 0.0867. The van der Waals surface area contributed by atoms with Crippen LogP contribution >= 0.6 is 0 Å². The number of carbonyl (C=O) groups excluding carboxylic acids is 4. The van der Waals surface area contributed by atoms with Gasteiger partial charge in [0.25, 0.3) is 0 Å². The summed E-state index contributed by atoms with van der Waals surface area (Å²) < 4.78 is 0. The lowest BCUT2D eigenvalue weighted by Gasteiger charge is -1.89. The summed E-state index contributed by atoms with van der Waals surface area (Å²) >= 11 is 0. The van der Waals surface area contributed by atoms with E-state index in [4.69, 9.17) is 5.11 Å². The lowest BCUT2D eigenvalue weighted by Crippen LogP contribution is -2.20. The molecule has 0 saturated heterocycles. The van der Waals surface area contributed by atoms with E-state index in [9.17, 15) is 19.2 Å². The number of ketones is 2. The number of carbonyl (C=O) groups is 4. The van der Waals surface area contributed by atoms with Crippen molar-refractivity contribution in [2.75, 3.05) is 6.73 Å². The Morgan fingerprint density at radius 2 is 1.25 bits per heavy atom. The van der Waals surface area contributed by atoms with Gasteiger partial charge in [0.05, 0.1) is 0 Å². The van der Waals surface area contributed by atoms with Crippen LogP contribution in [0.4, 0.5) is 0 Å². The Balaban J connectivity index is -0.0000000883. The van der Waals surface area contributed by atoms with Gasteiger partial charge in [-0.05, 0) is 39.8 Å². The van der Waals surface area contributed by atoms with E-state index in [1.54, 1.807) is 0 Å². The molecular formula is C13H24N2O5. The van der Waals surface area contributed by atoms with E-state index in [1.165, 1.54) is 27.7 Å². The first-order valence-corrected chi connectivity index (χ1v) is 5.42. The summed E-state index contributed by atoms with van der Waals surface area (Å²) in [4.78, 5) is 38.4. The van der Waals surface area contributed by atoms with Crippen molar-refractivity contribution in [1.82, 2.24) is 5.32 Å². The standard InChI is InChI=1S/C4H7NO2.C3H5NO.2C3H6O/c1-2-4(7)5-3-6;1-2-3(4)5;2*1-3(2)4/h2,6H,1,3H2,(H,5,7);2H,1H2,(H2,4,5);2*1-2H3. The van der Waals surface area contributed by atoms with E-state index in [1.807, 2.05) is 0 Å². The molecule has 0 aromatic heterocycles. The largest absolute Gasteiger partial charge is 0.376 e. The smallest absolute Gasteiger partial charge is 0.245 e. The van der Waals surface area contributed by atoms with Crippen molar-refractivity contribution in [2.45, 2.75) is 27.7 Å². The summed E-state index contributed by atoms with van der Waals surface area (Å²) in [7, 11) is 0. The van der Waals surface area contributed by atoms with Crippen LogP contribution in [0.3, 0.4) is 0 Å². The van der Waals surface area contributed by atoms with Gasteiger partial charge in [-0.3, -0.25) is 9.59 Å². The second-order valence-electron chi connectivity index (χ2n) is 3.33. The van der Waals surface area contributed by atoms with Crippen LogP contribution in [0.15, 0.2) is 25.3 Å². The first kappa shape index (κ1) is 26.3. The molecule has 0 bridgehead atoms. The average Bonchev–Trinajstić information content (AvgIpc) is 2.28. The maximum absolute atomic E-state index is 10.0. The van der Waals surface area contributed by atoms with E-state index in [0.717, 1.165) is 12.2 Å². The summed E-state index contributed by atoms with van der Waals surface area (Å²) in [6.45, 7) is 12.0. The first-order valence-electron chi connectivity index (χ1n) is 5.42. The van der Waals surface area contributed by atoms with Crippen LogP contribution in [-0.4, -0.2) is 35.2 Å². The minimum Gasteiger partial charge on any atom is -0.376 e. The van der Waals surface area contributed by atoms with Crippen molar-refractivity contribution in [3.8, 4) is 0 Å². The predicted molar refractivity (Wildman–Crippen MR) is 77.5 cm³/mol. The number of primary amides is 1. The van der Waals surface area contributed by atoms with Gasteiger partial charge in [0, 0.05) is 0 Å². The average molecular weight is 288 g/mol. The highest BCUT2D eigenvalue weighted by Gasteiger charge is 1.84. The van der Waals surface area contributed by atoms with E-state index in [0.29, 0.717) is 0 Å². The Kier molecular flexibility index (Phi) is 28.9. The molecule has 0 radical (unpaired) electrons. The molecule has 7 heteroatoms. The molecule has 7 nitrogen and oxygen atoms in total. The lowest BCUT2D eigenvalue weighted by atomic mass is 10.6. The van der Waals surface area contributed by atoms with E-state index >= 15 is 0 Å². The highest BCUT2D eigenvalue weighted by atomic mass is 16.3. The van der Waals surface area contributed by atoms with Crippen LogP contribution in [0.5, 0.6) is 0 Å². The summed E-state index contributed by atoms with van der Waals surface area (Å²) in [6, 6.07) is 0. The minimum absolute atomic E-state index is 0.167. The fourth-order valence-electron chi connectivity index (χ4n) is 0.150. The quantitative estimate of drug-likeness (QED) is 0.501. The van der Waals surface area contributed by atoms with Crippen molar-refractivity contribution in [3.63, 3.8) is 0 Å². The molecule has 0 atom stereocenters. The molecule has 2 amide bonds. The van der Waals surface area contributed by atoms with Gasteiger partial charge in [0.1, 0.15) is 18.3 Å². The molecule has 0 rings (SSSR count). The molecule has 0 saturated carbocycles. The Hall–Kier alpha value is -2.28. The van der Waals surface area contributed by atoms with Gasteiger partial charge in [-0.25, -0.2) is 0 Å². The Bertz CT molecular complexity index is 305. The Morgan fingerprint density at radius 1 is 1.00 bits per heavy atom. The number of hydrogen-bond donors (Lipinski definition) is 3. The van der Waals surface area contributed by atoms with E-state index < -0.39 is 5.91 Å². The number of nitrogens with one attached hydrogen (secondary N) is 1. The molecule has 0 aromatic carbocycles. The van der Waals surface area contributed by atoms with Gasteiger partial charge >= 0.3 is 0 Å². The van der Waals surface area contributed by atoms with Crippen molar-refractivity contribution >= 4 is 23.4 Å². The Labute approximate surface area is 119 Å². The first-order chi connectivity index (χ1) is 9.04. The third-order valence-electron chi connectivity index (χ3n) is 0.640. The van der Waals surface area contributed by atoms with Gasteiger partial charge in [-0.1, -0.05) is 13.2 Å². The SMILES string of the molecule is C=CC(=O)NCO.C=CC(N)=O.CC(C)=O.CC(C)=O. The van der Waals surface area contributed by atoms with Gasteiger partial charge < -0.3 is 25.7 Å². The summed E-state index contributed by atoms with van der Waals surface area (Å²) in [6.07, 6.45) is 2.15. The number of nitrogens with two attached hydrogens (primary N) is 1. The topological polar surface area (TPSA) is 127 Å². The number of rotatable bonds is 3. The fourth-order valence-corrected chi connectivity index (χ4v) is 0.150. The van der Waals surface area contributed by atoms with Crippen LogP contribution in [0.1, 0.15) is 27.7 Å². The Morgan fingerprint density at radius 3 is 1.30 bits per heavy atom.